The Labute approximate surface area is 414 Å². The lowest BCUT2D eigenvalue weighted by molar-refractivity contribution is 0.659. The fraction of sp³-hybridized carbons (Fsp3) is 0.0588. The number of para-hydroxylation sites is 3. The third-order valence-electron chi connectivity index (χ3n) is 15.0. The van der Waals surface area contributed by atoms with E-state index in [0.717, 1.165) is 28.8 Å². The second-order valence-electron chi connectivity index (χ2n) is 19.5. The van der Waals surface area contributed by atoms with Gasteiger partial charge in [0.1, 0.15) is 0 Å². The van der Waals surface area contributed by atoms with Gasteiger partial charge in [-0.3, -0.25) is 0 Å². The minimum atomic E-state index is -0.235. The van der Waals surface area contributed by atoms with E-state index in [0.29, 0.717) is 0 Å². The summed E-state index contributed by atoms with van der Waals surface area (Å²) in [6, 6.07) is 86.1. The molecule has 338 valence electrons. The van der Waals surface area contributed by atoms with Crippen LogP contribution >= 0.6 is 0 Å². The van der Waals surface area contributed by atoms with Gasteiger partial charge in [0.25, 0.3) is 0 Å². The largest absolute Gasteiger partial charge is 0.398 e. The van der Waals surface area contributed by atoms with Crippen molar-refractivity contribution in [2.75, 3.05) is 0 Å². The van der Waals surface area contributed by atoms with E-state index in [1.165, 1.54) is 105 Å². The third-order valence-corrected chi connectivity index (χ3v) is 15.0. The zero-order chi connectivity index (χ0) is 47.6. The molecule has 2 heterocycles. The molecular formula is C68H51N3. The average molecular weight is 910 g/mol. The molecule has 0 atom stereocenters. The molecule has 0 radical (unpaired) electrons. The summed E-state index contributed by atoms with van der Waals surface area (Å²) in [5.41, 5.74) is 29.1. The molecule has 10 aromatic carbocycles. The zero-order valence-electron chi connectivity index (χ0n) is 39.9. The molecule has 2 N–H and O–H groups in total. The first kappa shape index (κ1) is 42.2. The molecule has 3 nitrogen and oxygen atoms in total. The maximum atomic E-state index is 6.80. The Morgan fingerprint density at radius 2 is 0.887 bits per heavy atom. The predicted molar refractivity (Wildman–Crippen MR) is 300 cm³/mol. The lowest BCUT2D eigenvalue weighted by Gasteiger charge is -2.23. The van der Waals surface area contributed by atoms with Crippen molar-refractivity contribution in [2.45, 2.75) is 25.7 Å². The molecule has 1 aliphatic carbocycles. The Balaban J connectivity index is 0.835. The molecule has 12 aromatic rings. The topological polar surface area (TPSA) is 35.9 Å². The van der Waals surface area contributed by atoms with Crippen LogP contribution in [0.5, 0.6) is 0 Å². The standard InChI is InChI=1S/C68H51N3/c1-68(2)61-42-51(52(27-26-45-16-6-3-7-17-45)43-63(69)48-18-8-4-9-19-48)32-36-55(61)56-37-35-54(44-62(56)68)71-65-25-15-13-23-58(65)60-41-50(34-39-67(60)71)47-30-28-46(29-31-47)49-33-38-66-59(40-49)57-22-12-14-24-64(57)70(66)53-20-10-5-11-21-53/h3-25,27-44H,26,69H2,1-2H3/b52-27+,63-43-. The van der Waals surface area contributed by atoms with Gasteiger partial charge in [-0.1, -0.05) is 190 Å². The van der Waals surface area contributed by atoms with Gasteiger partial charge < -0.3 is 14.9 Å². The first-order valence-corrected chi connectivity index (χ1v) is 24.7. The van der Waals surface area contributed by atoms with Crippen molar-refractivity contribution in [1.29, 1.82) is 0 Å². The van der Waals surface area contributed by atoms with Gasteiger partial charge in [-0.05, 0) is 146 Å². The summed E-state index contributed by atoms with van der Waals surface area (Å²) in [6.07, 6.45) is 5.27. The molecule has 0 saturated carbocycles. The second-order valence-corrected chi connectivity index (χ2v) is 19.5. The minimum Gasteiger partial charge on any atom is -0.398 e. The first-order valence-electron chi connectivity index (χ1n) is 24.7. The quantitative estimate of drug-likeness (QED) is 0.144. The Kier molecular flexibility index (Phi) is 10.1. The molecule has 0 bridgehead atoms. The Morgan fingerprint density at radius 3 is 1.49 bits per heavy atom. The highest BCUT2D eigenvalue weighted by atomic mass is 15.0. The van der Waals surface area contributed by atoms with Crippen LogP contribution in [0.4, 0.5) is 0 Å². The van der Waals surface area contributed by atoms with Gasteiger partial charge in [0.2, 0.25) is 0 Å². The van der Waals surface area contributed by atoms with Gasteiger partial charge in [-0.2, -0.15) is 0 Å². The number of hydrogen-bond donors (Lipinski definition) is 1. The van der Waals surface area contributed by atoms with Gasteiger partial charge >= 0.3 is 0 Å². The molecule has 0 unspecified atom stereocenters. The number of hydrogen-bond acceptors (Lipinski definition) is 1. The van der Waals surface area contributed by atoms with E-state index >= 15 is 0 Å². The number of fused-ring (bicyclic) bond motifs is 9. The van der Waals surface area contributed by atoms with Crippen LogP contribution in [-0.2, 0) is 11.8 Å². The van der Waals surface area contributed by atoms with Crippen molar-refractivity contribution in [1.82, 2.24) is 9.13 Å². The minimum absolute atomic E-state index is 0.235. The molecule has 0 amide bonds. The smallest absolute Gasteiger partial charge is 0.0541 e. The molecule has 3 heteroatoms. The van der Waals surface area contributed by atoms with Crippen molar-refractivity contribution in [3.05, 3.63) is 277 Å². The normalized spacial score (nSPS) is 13.3. The van der Waals surface area contributed by atoms with Gasteiger partial charge in [-0.25, -0.2) is 0 Å². The summed E-state index contributed by atoms with van der Waals surface area (Å²) in [7, 11) is 0. The van der Waals surface area contributed by atoms with Crippen LogP contribution in [0, 0.1) is 0 Å². The molecule has 0 spiro atoms. The number of aromatic nitrogens is 2. The molecule has 0 fully saturated rings. The number of allylic oxidation sites excluding steroid dienone is 3. The van der Waals surface area contributed by atoms with Crippen LogP contribution in [0.25, 0.3) is 99.6 Å². The van der Waals surface area contributed by atoms with E-state index < -0.39 is 0 Å². The van der Waals surface area contributed by atoms with Crippen molar-refractivity contribution < 1.29 is 0 Å². The fourth-order valence-electron chi connectivity index (χ4n) is 11.3. The maximum absolute atomic E-state index is 6.80. The van der Waals surface area contributed by atoms with Crippen molar-refractivity contribution in [3.63, 3.8) is 0 Å². The number of nitrogens with two attached hydrogens (primary N) is 1. The van der Waals surface area contributed by atoms with Gasteiger partial charge in [0.15, 0.2) is 0 Å². The van der Waals surface area contributed by atoms with E-state index in [9.17, 15) is 0 Å². The van der Waals surface area contributed by atoms with Gasteiger partial charge in [0.05, 0.1) is 22.1 Å². The summed E-state index contributed by atoms with van der Waals surface area (Å²) in [6.45, 7) is 4.75. The third kappa shape index (κ3) is 7.20. The summed E-state index contributed by atoms with van der Waals surface area (Å²) in [5, 5.41) is 5.01. The molecule has 2 aromatic heterocycles. The molecule has 13 rings (SSSR count). The highest BCUT2D eigenvalue weighted by Crippen LogP contribution is 2.50. The highest BCUT2D eigenvalue weighted by molar-refractivity contribution is 6.12. The SMILES string of the molecule is CC1(C)c2cc(C(/C=C(\N)c3ccccc3)=C/Cc3ccccc3)ccc2-c2ccc(-n3c4ccccc4c4cc(-c5ccc(-c6ccc7c(c6)c6ccccc6n7-c6ccccc6)cc5)ccc43)cc21. The van der Waals surface area contributed by atoms with E-state index in [4.69, 9.17) is 5.73 Å². The highest BCUT2D eigenvalue weighted by Gasteiger charge is 2.36. The first-order chi connectivity index (χ1) is 34.9. The summed E-state index contributed by atoms with van der Waals surface area (Å²) >= 11 is 0. The van der Waals surface area contributed by atoms with Crippen molar-refractivity contribution in [2.24, 2.45) is 5.73 Å². The summed E-state index contributed by atoms with van der Waals surface area (Å²) in [5.74, 6) is 0. The molecular weight excluding hydrogens is 859 g/mol. The van der Waals surface area contributed by atoms with Crippen LogP contribution < -0.4 is 5.73 Å². The van der Waals surface area contributed by atoms with Gasteiger partial charge in [-0.15, -0.1) is 0 Å². The molecule has 1 aliphatic rings. The number of benzene rings is 10. The fourth-order valence-corrected chi connectivity index (χ4v) is 11.3. The Bertz CT molecular complexity index is 4070. The molecule has 71 heavy (non-hydrogen) atoms. The van der Waals surface area contributed by atoms with Crippen LogP contribution in [0.15, 0.2) is 249 Å². The summed E-state index contributed by atoms with van der Waals surface area (Å²) < 4.78 is 4.82. The second kappa shape index (κ2) is 16.9. The van der Waals surface area contributed by atoms with E-state index in [2.05, 4.69) is 254 Å². The number of rotatable bonds is 9. The van der Waals surface area contributed by atoms with Crippen molar-refractivity contribution >= 4 is 54.9 Å². The zero-order valence-corrected chi connectivity index (χ0v) is 39.9. The van der Waals surface area contributed by atoms with Gasteiger partial charge in [0, 0.05) is 44.0 Å². The number of nitrogens with zero attached hydrogens (tertiary/aromatic N) is 2. The van der Waals surface area contributed by atoms with Crippen LogP contribution in [0.3, 0.4) is 0 Å². The lowest BCUT2D eigenvalue weighted by atomic mass is 9.81. The van der Waals surface area contributed by atoms with E-state index in [1.54, 1.807) is 0 Å². The Hall–Kier alpha value is -8.92. The maximum Gasteiger partial charge on any atom is 0.0541 e. The molecule has 0 aliphatic heterocycles. The van der Waals surface area contributed by atoms with Crippen LogP contribution in [0.2, 0.25) is 0 Å². The monoisotopic (exact) mass is 909 g/mol. The predicted octanol–water partition coefficient (Wildman–Crippen LogP) is 17.1. The summed E-state index contributed by atoms with van der Waals surface area (Å²) in [4.78, 5) is 0. The lowest BCUT2D eigenvalue weighted by Crippen LogP contribution is -2.15. The van der Waals surface area contributed by atoms with Crippen LogP contribution in [-0.4, -0.2) is 9.13 Å². The van der Waals surface area contributed by atoms with Crippen LogP contribution in [0.1, 0.15) is 41.7 Å². The average Bonchev–Trinajstić information content (AvgIpc) is 4.02. The van der Waals surface area contributed by atoms with E-state index in [-0.39, 0.29) is 5.41 Å². The Morgan fingerprint density at radius 1 is 0.408 bits per heavy atom. The van der Waals surface area contributed by atoms with Crippen molar-refractivity contribution in [3.8, 4) is 44.8 Å². The molecule has 0 saturated heterocycles. The van der Waals surface area contributed by atoms with E-state index in [1.807, 2.05) is 18.2 Å².